The summed E-state index contributed by atoms with van der Waals surface area (Å²) in [7, 11) is -0.0608. The highest BCUT2D eigenvalue weighted by molar-refractivity contribution is 6.05. The van der Waals surface area contributed by atoms with Crippen LogP contribution in [0.15, 0.2) is 12.3 Å². The largest absolute Gasteiger partial charge is 0.385 e. The number of hydrogen-bond donors (Lipinski definition) is 0. The van der Waals surface area contributed by atoms with Crippen molar-refractivity contribution in [1.29, 1.82) is 0 Å². The van der Waals surface area contributed by atoms with Crippen LogP contribution in [0.1, 0.15) is 0 Å². The van der Waals surface area contributed by atoms with Crippen molar-refractivity contribution < 1.29 is 4.92 Å². The summed E-state index contributed by atoms with van der Waals surface area (Å²) in [5, 5.41) is 13.6. The summed E-state index contributed by atoms with van der Waals surface area (Å²) in [6.07, 6.45) is 1.64. The van der Waals surface area contributed by atoms with Crippen LogP contribution in [0.4, 0.5) is 5.82 Å². The number of nitrogens with zero attached hydrogens (tertiary/aromatic N) is 3. The third-order valence-corrected chi connectivity index (χ3v) is 0.638. The average Bonchev–Trinajstić information content (AvgIpc) is 2.14. The molecule has 1 aromatic rings. The van der Waals surface area contributed by atoms with Gasteiger partial charge in [0, 0.05) is 11.3 Å². The number of rotatable bonds is 1. The molecule has 0 saturated carbocycles. The molecule has 9 heavy (non-hydrogen) atoms. The van der Waals surface area contributed by atoms with Crippen LogP contribution in [0.5, 0.6) is 0 Å². The monoisotopic (exact) mass is 126 g/mol. The Morgan fingerprint density at radius 2 is 2.56 bits per heavy atom. The van der Waals surface area contributed by atoms with E-state index in [4.69, 9.17) is 0 Å². The fraction of sp³-hybridized carbons (Fsp3) is 0. The van der Waals surface area contributed by atoms with E-state index in [1.807, 2.05) is 0 Å². The van der Waals surface area contributed by atoms with E-state index in [1.54, 1.807) is 10.8 Å². The molecule has 0 atom stereocenters. The van der Waals surface area contributed by atoms with Gasteiger partial charge in [0.2, 0.25) is 0 Å². The smallest absolute Gasteiger partial charge is 0.365 e. The summed E-state index contributed by atoms with van der Waals surface area (Å²) >= 11 is 0. The summed E-state index contributed by atoms with van der Waals surface area (Å²) in [6, 6.07) is 1.41. The van der Waals surface area contributed by atoms with Crippen molar-refractivity contribution in [2.24, 2.45) is 0 Å². The Morgan fingerprint density at radius 3 is 2.78 bits per heavy atom. The molecule has 0 aromatic carbocycles. The van der Waals surface area contributed by atoms with Gasteiger partial charge in [0.1, 0.15) is 0 Å². The van der Waals surface area contributed by atoms with Crippen LogP contribution in [0.3, 0.4) is 0 Å². The first-order valence-electron chi connectivity index (χ1n) is 1.89. The zero-order valence-electron chi connectivity index (χ0n) is 3.81. The summed E-state index contributed by atoms with van der Waals surface area (Å²) in [5.74, 6) is -0.0509. The average molecular weight is 126 g/mol. The minimum Gasteiger partial charge on any atom is -0.365 e. The molecule has 1 heterocycles. The van der Waals surface area contributed by atoms with Crippen LogP contribution in [0, 0.1) is 10.1 Å². The van der Waals surface area contributed by atoms with Gasteiger partial charge in [-0.1, -0.05) is 0 Å². The Balaban J connectivity index is 2.98. The second kappa shape index (κ2) is 1.89. The summed E-state index contributed by atoms with van der Waals surface area (Å²) < 4.78 is 1.64. The van der Waals surface area contributed by atoms with E-state index in [-0.39, 0.29) is 13.8 Å². The molecule has 0 spiro atoms. The Bertz CT molecular complexity index is 233. The second-order valence-corrected chi connectivity index (χ2v) is 1.15. The van der Waals surface area contributed by atoms with Crippen molar-refractivity contribution in [1.82, 2.24) is 9.69 Å². The van der Waals surface area contributed by atoms with Gasteiger partial charge < -0.3 is 14.7 Å². The minimum absolute atomic E-state index is 0.0509. The predicted octanol–water partition coefficient (Wildman–Crippen LogP) is -1.08. The molecule has 0 aliphatic carbocycles. The molecule has 0 aliphatic rings. The molecule has 0 bridgehead atoms. The molecule has 0 fully saturated rings. The van der Waals surface area contributed by atoms with E-state index in [0.717, 1.165) is 0 Å². The summed E-state index contributed by atoms with van der Waals surface area (Å²) in [5.41, 5.74) is 0. The lowest BCUT2D eigenvalue weighted by molar-refractivity contribution is -0.389. The first-order valence-corrected chi connectivity index (χ1v) is 1.89. The lowest BCUT2D eigenvalue weighted by Gasteiger charge is -1.84. The highest BCUT2D eigenvalue weighted by Crippen LogP contribution is 2.02. The molecule has 6 heteroatoms. The number of hydrogen-bond acceptors (Lipinski definition) is 3. The Morgan fingerprint density at radius 1 is 1.89 bits per heavy atom. The van der Waals surface area contributed by atoms with Crippen molar-refractivity contribution in [3.63, 3.8) is 0 Å². The zero-order valence-corrected chi connectivity index (χ0v) is 3.81. The van der Waals surface area contributed by atoms with Crippen molar-refractivity contribution in [2.45, 2.75) is 0 Å². The molecule has 0 unspecified atom stereocenters. The molecule has 0 radical (unpaired) electrons. The normalized spacial score (nSPS) is 9.44. The maximum Gasteiger partial charge on any atom is 0.385 e. The van der Waals surface area contributed by atoms with Crippen LogP contribution in [-0.2, 0) is 0 Å². The van der Waals surface area contributed by atoms with Crippen LogP contribution in [0.2, 0.25) is 0 Å². The molecule has 5 nitrogen and oxygen atoms in total. The molecule has 0 saturated heterocycles. The van der Waals surface area contributed by atoms with Gasteiger partial charge in [0.05, 0.1) is 14.0 Å². The van der Waals surface area contributed by atoms with E-state index in [2.05, 4.69) is 5.10 Å². The van der Waals surface area contributed by atoms with Gasteiger partial charge in [-0.05, 0) is 4.92 Å². The van der Waals surface area contributed by atoms with E-state index in [9.17, 15) is 10.1 Å². The quantitative estimate of drug-likeness (QED) is 0.273. The SMILES string of the molecule is [BH3-]n1ccc([N+](=O)[O-])n1. The molecule has 0 aliphatic heterocycles. The molecular weight excluding hydrogens is 121 g/mol. The maximum atomic E-state index is 9.97. The molecule has 1 aromatic heterocycles. The Hall–Kier alpha value is -1.33. The van der Waals surface area contributed by atoms with Crippen LogP contribution in [-0.4, -0.2) is 22.6 Å². The predicted molar refractivity (Wildman–Crippen MR) is 34.2 cm³/mol. The van der Waals surface area contributed by atoms with Crippen molar-refractivity contribution in [3.05, 3.63) is 22.4 Å². The van der Waals surface area contributed by atoms with Crippen LogP contribution in [0.25, 0.3) is 0 Å². The maximum absolute atomic E-state index is 9.97. The van der Waals surface area contributed by atoms with E-state index < -0.39 is 4.92 Å². The first kappa shape index (κ1) is 5.81. The van der Waals surface area contributed by atoms with E-state index in [0.29, 0.717) is 0 Å². The standard InChI is InChI=1S/C3H5BN3O2/c4-6-2-1-3(5-6)7(8)9/h1-2H,4H3/q-1. The van der Waals surface area contributed by atoms with Gasteiger partial charge >= 0.3 is 5.82 Å². The van der Waals surface area contributed by atoms with Gasteiger partial charge in [-0.25, -0.2) is 0 Å². The van der Waals surface area contributed by atoms with Crippen molar-refractivity contribution in [2.75, 3.05) is 0 Å². The Kier molecular flexibility index (Phi) is 1.22. The van der Waals surface area contributed by atoms with Crippen molar-refractivity contribution >= 4 is 13.8 Å². The third-order valence-electron chi connectivity index (χ3n) is 0.638. The van der Waals surface area contributed by atoms with Gasteiger partial charge in [0.25, 0.3) is 0 Å². The minimum atomic E-state index is -0.488. The fourth-order valence-electron chi connectivity index (χ4n) is 0.323. The number of aromatic nitrogens is 2. The van der Waals surface area contributed by atoms with E-state index in [1.165, 1.54) is 6.07 Å². The molecule has 0 amide bonds. The van der Waals surface area contributed by atoms with E-state index >= 15 is 0 Å². The van der Waals surface area contributed by atoms with Crippen LogP contribution >= 0.6 is 0 Å². The topological polar surface area (TPSA) is 61.0 Å². The first-order chi connectivity index (χ1) is 4.20. The van der Waals surface area contributed by atoms with Gasteiger partial charge in [-0.2, -0.15) is 0 Å². The highest BCUT2D eigenvalue weighted by Gasteiger charge is 2.04. The number of nitro groups is 1. The third kappa shape index (κ3) is 1.07. The highest BCUT2D eigenvalue weighted by atomic mass is 16.6. The second-order valence-electron chi connectivity index (χ2n) is 1.15. The van der Waals surface area contributed by atoms with Gasteiger partial charge in [-0.15, -0.1) is 0 Å². The van der Waals surface area contributed by atoms with Gasteiger partial charge in [0.15, 0.2) is 0 Å². The lowest BCUT2D eigenvalue weighted by atomic mass is 10.4. The van der Waals surface area contributed by atoms with Crippen LogP contribution < -0.4 is 0 Å². The molecule has 0 N–H and O–H groups in total. The molecule has 1 rings (SSSR count). The molecule has 48 valence electrons. The Labute approximate surface area is 51.9 Å². The lowest BCUT2D eigenvalue weighted by Crippen LogP contribution is -1.93. The molecular formula is C3H5BN3O2-. The van der Waals surface area contributed by atoms with Gasteiger partial charge in [-0.3, -0.25) is 0 Å². The fourth-order valence-corrected chi connectivity index (χ4v) is 0.323. The zero-order chi connectivity index (χ0) is 6.85. The summed E-state index contributed by atoms with van der Waals surface area (Å²) in [4.78, 5) is 9.48. The van der Waals surface area contributed by atoms with Crippen molar-refractivity contribution in [3.8, 4) is 0 Å². The summed E-state index contributed by atoms with van der Waals surface area (Å²) in [6.45, 7) is 0.